The highest BCUT2D eigenvalue weighted by Crippen LogP contribution is 2.50. The van der Waals surface area contributed by atoms with Gasteiger partial charge in [-0.1, -0.05) is 30.3 Å². The lowest BCUT2D eigenvalue weighted by Crippen LogP contribution is -2.71. The fourth-order valence-electron chi connectivity index (χ4n) is 4.73. The number of piperazine rings is 1. The zero-order valence-electron chi connectivity index (χ0n) is 20.1. The molecule has 0 saturated carbocycles. The summed E-state index contributed by atoms with van der Waals surface area (Å²) >= 11 is 1.27. The first-order valence-electron chi connectivity index (χ1n) is 11.6. The monoisotopic (exact) mass is 533 g/mol. The highest BCUT2D eigenvalue weighted by Gasteiger charge is 2.64. The van der Waals surface area contributed by atoms with E-state index in [1.807, 2.05) is 0 Å². The number of aliphatic hydroxyl groups excluding tert-OH is 1. The van der Waals surface area contributed by atoms with Crippen molar-refractivity contribution in [3.63, 3.8) is 0 Å². The van der Waals surface area contributed by atoms with Crippen LogP contribution in [0.4, 0.5) is 4.79 Å². The molecular formula is C23H27N5O8S. The van der Waals surface area contributed by atoms with Gasteiger partial charge in [-0.05, 0) is 19.4 Å². The molecule has 0 unspecified atom stereocenters. The van der Waals surface area contributed by atoms with E-state index in [4.69, 9.17) is 5.11 Å². The molecule has 4 rings (SSSR count). The van der Waals surface area contributed by atoms with Crippen LogP contribution < -0.4 is 10.6 Å². The van der Waals surface area contributed by atoms with E-state index in [0.29, 0.717) is 10.5 Å². The van der Waals surface area contributed by atoms with Gasteiger partial charge in [0.1, 0.15) is 23.5 Å². The second-order valence-corrected chi connectivity index (χ2v) is 11.1. The van der Waals surface area contributed by atoms with E-state index in [9.17, 15) is 33.9 Å². The summed E-state index contributed by atoms with van der Waals surface area (Å²) in [6.45, 7) is 2.97. The van der Waals surface area contributed by atoms with Crippen molar-refractivity contribution in [1.29, 1.82) is 0 Å². The van der Waals surface area contributed by atoms with Crippen LogP contribution in [-0.4, -0.2) is 109 Å². The van der Waals surface area contributed by atoms with Gasteiger partial charge in [-0.2, -0.15) is 0 Å². The van der Waals surface area contributed by atoms with Crippen molar-refractivity contribution >= 4 is 47.4 Å². The number of amides is 6. The summed E-state index contributed by atoms with van der Waals surface area (Å²) in [5.74, 6) is -4.43. The van der Waals surface area contributed by atoms with Gasteiger partial charge in [-0.3, -0.25) is 24.1 Å². The number of carboxylic acid groups (broad SMARTS) is 1. The summed E-state index contributed by atoms with van der Waals surface area (Å²) in [6.07, 6.45) is 0. The normalized spacial score (nSPS) is 25.3. The maximum atomic E-state index is 13.3. The van der Waals surface area contributed by atoms with Crippen LogP contribution in [-0.2, 0) is 24.0 Å². The Labute approximate surface area is 216 Å². The Morgan fingerprint density at radius 1 is 1.11 bits per heavy atom. The number of nitrogens with zero attached hydrogens (tertiary/aromatic N) is 3. The molecule has 0 aliphatic carbocycles. The molecule has 1 aromatic carbocycles. The number of carboxylic acids is 1. The number of benzene rings is 1. The Morgan fingerprint density at radius 2 is 1.78 bits per heavy atom. The van der Waals surface area contributed by atoms with Gasteiger partial charge in [-0.15, -0.1) is 11.8 Å². The van der Waals surface area contributed by atoms with Crippen LogP contribution in [0.15, 0.2) is 30.3 Å². The van der Waals surface area contributed by atoms with Crippen LogP contribution in [0.1, 0.15) is 25.5 Å². The number of β-amino-alcohol motifs (C(OH)–C–C–N with tert-alkyl or cyclic N) is 1. The lowest BCUT2D eigenvalue weighted by molar-refractivity contribution is -0.161. The second kappa shape index (κ2) is 10.0. The standard InChI is InChI=1S/C23H27N5O8S/c1-23(2)15(21(34)35)28-17(31)14(20(28)37-23)24-16(30)13(12-6-4-3-5-7-12)25-22(36)27-9-8-26(10-11-29)18(32)19(27)33/h3-7,13-15,20,29H,8-11H2,1-2H3,(H,24,30)(H,25,36)(H,34,35)/t13-,14-,15+,20-/m1/s1. The first-order valence-corrected chi connectivity index (χ1v) is 12.5. The molecule has 0 bridgehead atoms. The number of urea groups is 1. The molecular weight excluding hydrogens is 506 g/mol. The number of carbonyl (C=O) groups is 6. The number of rotatable bonds is 7. The van der Waals surface area contributed by atoms with Gasteiger partial charge in [0, 0.05) is 24.4 Å². The van der Waals surface area contributed by atoms with Crippen LogP contribution in [0, 0.1) is 0 Å². The molecule has 0 aromatic heterocycles. The molecule has 3 aliphatic rings. The Bertz CT molecular complexity index is 1150. The SMILES string of the molecule is CC1(C)S[C@@H]2[C@H](NC(=O)[C@H](NC(=O)N3CCN(CCO)C(=O)C3=O)c3ccccc3)C(=O)N2[C@H]1C(=O)O. The first kappa shape index (κ1) is 26.4. The fourth-order valence-corrected chi connectivity index (χ4v) is 6.36. The maximum absolute atomic E-state index is 13.3. The topological polar surface area (TPSA) is 177 Å². The molecule has 37 heavy (non-hydrogen) atoms. The van der Waals surface area contributed by atoms with Crippen LogP contribution in [0.3, 0.4) is 0 Å². The zero-order chi connectivity index (χ0) is 27.1. The number of aliphatic carboxylic acids is 1. The largest absolute Gasteiger partial charge is 0.480 e. The molecule has 4 atom stereocenters. The third-order valence-corrected chi connectivity index (χ3v) is 8.13. The molecule has 14 heteroatoms. The Balaban J connectivity index is 1.50. The number of carbonyl (C=O) groups excluding carboxylic acids is 5. The van der Waals surface area contributed by atoms with E-state index in [0.717, 1.165) is 4.90 Å². The summed E-state index contributed by atoms with van der Waals surface area (Å²) < 4.78 is -0.774. The third-order valence-electron chi connectivity index (χ3n) is 6.56. The molecule has 3 fully saturated rings. The van der Waals surface area contributed by atoms with Crippen molar-refractivity contribution in [2.45, 2.75) is 42.1 Å². The molecule has 6 amide bonds. The molecule has 3 heterocycles. The Kier molecular flexibility index (Phi) is 7.15. The van der Waals surface area contributed by atoms with Gasteiger partial charge < -0.3 is 30.6 Å². The minimum absolute atomic E-state index is 0.0343. The zero-order valence-corrected chi connectivity index (χ0v) is 20.9. The van der Waals surface area contributed by atoms with Gasteiger partial charge in [0.05, 0.1) is 6.61 Å². The molecule has 198 valence electrons. The average molecular weight is 534 g/mol. The van der Waals surface area contributed by atoms with Crippen LogP contribution in [0.25, 0.3) is 0 Å². The number of β-lactam (4-membered cyclic amide) rings is 1. The number of hydrogen-bond acceptors (Lipinski definition) is 8. The number of aliphatic hydroxyl groups is 1. The van der Waals surface area contributed by atoms with Gasteiger partial charge in [-0.25, -0.2) is 9.59 Å². The maximum Gasteiger partial charge on any atom is 0.327 e. The van der Waals surface area contributed by atoms with Crippen molar-refractivity contribution in [3.05, 3.63) is 35.9 Å². The summed E-state index contributed by atoms with van der Waals surface area (Å²) in [5.41, 5.74) is 0.373. The number of nitrogens with one attached hydrogen (secondary N) is 2. The summed E-state index contributed by atoms with van der Waals surface area (Å²) in [7, 11) is 0. The van der Waals surface area contributed by atoms with Crippen LogP contribution >= 0.6 is 11.8 Å². The van der Waals surface area contributed by atoms with Crippen molar-refractivity contribution in [2.75, 3.05) is 26.2 Å². The predicted molar refractivity (Wildman–Crippen MR) is 129 cm³/mol. The Hall–Kier alpha value is -3.65. The highest BCUT2D eigenvalue weighted by atomic mass is 32.2. The molecule has 0 radical (unpaired) electrons. The van der Waals surface area contributed by atoms with Crippen molar-refractivity contribution in [2.24, 2.45) is 0 Å². The predicted octanol–water partition coefficient (Wildman–Crippen LogP) is -1.27. The average Bonchev–Trinajstić information content (AvgIpc) is 3.12. The second-order valence-electron chi connectivity index (χ2n) is 9.35. The lowest BCUT2D eigenvalue weighted by atomic mass is 9.95. The lowest BCUT2D eigenvalue weighted by Gasteiger charge is -2.44. The quantitative estimate of drug-likeness (QED) is 0.246. The minimum atomic E-state index is -1.30. The molecule has 4 N–H and O–H groups in total. The fraction of sp³-hybridized carbons (Fsp3) is 0.478. The van der Waals surface area contributed by atoms with Gasteiger partial charge in [0.2, 0.25) is 11.8 Å². The number of fused-ring (bicyclic) bond motifs is 1. The number of thioether (sulfide) groups is 1. The van der Waals surface area contributed by atoms with Crippen molar-refractivity contribution in [1.82, 2.24) is 25.3 Å². The van der Waals surface area contributed by atoms with Gasteiger partial charge in [0.15, 0.2) is 0 Å². The molecule has 13 nitrogen and oxygen atoms in total. The summed E-state index contributed by atoms with van der Waals surface area (Å²) in [4.78, 5) is 78.7. The minimum Gasteiger partial charge on any atom is -0.480 e. The van der Waals surface area contributed by atoms with Crippen LogP contribution in [0.2, 0.25) is 0 Å². The third kappa shape index (κ3) is 4.73. The van der Waals surface area contributed by atoms with Crippen LogP contribution in [0.5, 0.6) is 0 Å². The summed E-state index contributed by atoms with van der Waals surface area (Å²) in [5, 5.41) is 23.2. The van der Waals surface area contributed by atoms with E-state index >= 15 is 0 Å². The molecule has 3 aliphatic heterocycles. The molecule has 0 spiro atoms. The smallest absolute Gasteiger partial charge is 0.327 e. The number of imide groups is 1. The number of hydrogen-bond donors (Lipinski definition) is 4. The van der Waals surface area contributed by atoms with E-state index < -0.39 is 63.9 Å². The highest BCUT2D eigenvalue weighted by molar-refractivity contribution is 8.01. The first-order chi connectivity index (χ1) is 17.5. The Morgan fingerprint density at radius 3 is 2.41 bits per heavy atom. The van der Waals surface area contributed by atoms with Crippen molar-refractivity contribution in [3.8, 4) is 0 Å². The van der Waals surface area contributed by atoms with E-state index in [-0.39, 0.29) is 26.2 Å². The van der Waals surface area contributed by atoms with E-state index in [2.05, 4.69) is 10.6 Å². The summed E-state index contributed by atoms with van der Waals surface area (Å²) in [6, 6.07) is 3.87. The van der Waals surface area contributed by atoms with E-state index in [1.165, 1.54) is 16.7 Å². The van der Waals surface area contributed by atoms with E-state index in [1.54, 1.807) is 44.2 Å². The molecule has 3 saturated heterocycles. The van der Waals surface area contributed by atoms with Gasteiger partial charge in [0.25, 0.3) is 0 Å². The van der Waals surface area contributed by atoms with Gasteiger partial charge >= 0.3 is 23.8 Å². The molecule has 1 aromatic rings. The van der Waals surface area contributed by atoms with Crippen molar-refractivity contribution < 1.29 is 39.0 Å².